The Bertz CT molecular complexity index is 364. The summed E-state index contributed by atoms with van der Waals surface area (Å²) in [5, 5.41) is 3.61. The van der Waals surface area contributed by atoms with Gasteiger partial charge < -0.3 is 10.1 Å². The fourth-order valence-corrected chi connectivity index (χ4v) is 2.55. The molecule has 3 atom stereocenters. The molecule has 0 bridgehead atoms. The molecular weight excluding hydrogens is 210 g/mol. The SMILES string of the molecule is CCNC(c1ccccc1OCC)C1CC1C. The van der Waals surface area contributed by atoms with Crippen molar-refractivity contribution in [3.8, 4) is 5.75 Å². The lowest BCUT2D eigenvalue weighted by atomic mass is 10.00. The molecule has 0 spiro atoms. The zero-order valence-corrected chi connectivity index (χ0v) is 11.1. The first-order valence-corrected chi connectivity index (χ1v) is 6.73. The van der Waals surface area contributed by atoms with Crippen molar-refractivity contribution in [2.45, 2.75) is 33.2 Å². The largest absolute Gasteiger partial charge is 0.494 e. The van der Waals surface area contributed by atoms with Gasteiger partial charge in [-0.3, -0.25) is 0 Å². The highest BCUT2D eigenvalue weighted by Gasteiger charge is 2.40. The quantitative estimate of drug-likeness (QED) is 0.813. The molecular formula is C15H23NO. The zero-order chi connectivity index (χ0) is 12.3. The first-order valence-electron chi connectivity index (χ1n) is 6.73. The number of hydrogen-bond donors (Lipinski definition) is 1. The van der Waals surface area contributed by atoms with Gasteiger partial charge in [0.25, 0.3) is 0 Å². The number of benzene rings is 1. The van der Waals surface area contributed by atoms with Crippen LogP contribution >= 0.6 is 0 Å². The number of para-hydroxylation sites is 1. The second-order valence-corrected chi connectivity index (χ2v) is 4.88. The Morgan fingerprint density at radius 3 is 2.65 bits per heavy atom. The molecule has 1 fully saturated rings. The average molecular weight is 233 g/mol. The van der Waals surface area contributed by atoms with Gasteiger partial charge in [0, 0.05) is 11.6 Å². The van der Waals surface area contributed by atoms with E-state index in [2.05, 4.69) is 37.4 Å². The number of ether oxygens (including phenoxy) is 1. The molecule has 1 saturated carbocycles. The maximum absolute atomic E-state index is 5.74. The second kappa shape index (κ2) is 5.54. The summed E-state index contributed by atoms with van der Waals surface area (Å²) >= 11 is 0. The zero-order valence-electron chi connectivity index (χ0n) is 11.1. The van der Waals surface area contributed by atoms with Crippen LogP contribution in [0.5, 0.6) is 5.75 Å². The average Bonchev–Trinajstić information content (AvgIpc) is 3.05. The van der Waals surface area contributed by atoms with E-state index in [4.69, 9.17) is 4.74 Å². The summed E-state index contributed by atoms with van der Waals surface area (Å²) in [5.41, 5.74) is 1.32. The molecule has 0 radical (unpaired) electrons. The van der Waals surface area contributed by atoms with Crippen molar-refractivity contribution >= 4 is 0 Å². The van der Waals surface area contributed by atoms with Crippen LogP contribution in [0.3, 0.4) is 0 Å². The lowest BCUT2D eigenvalue weighted by Crippen LogP contribution is -2.23. The van der Waals surface area contributed by atoms with E-state index in [-0.39, 0.29) is 0 Å². The molecule has 17 heavy (non-hydrogen) atoms. The summed E-state index contributed by atoms with van der Waals surface area (Å²) in [6.45, 7) is 8.28. The van der Waals surface area contributed by atoms with Crippen molar-refractivity contribution in [1.82, 2.24) is 5.32 Å². The first kappa shape index (κ1) is 12.4. The highest BCUT2D eigenvalue weighted by molar-refractivity contribution is 5.37. The molecule has 1 aromatic rings. The van der Waals surface area contributed by atoms with Crippen LogP contribution in [0.2, 0.25) is 0 Å². The Balaban J connectivity index is 2.22. The van der Waals surface area contributed by atoms with Gasteiger partial charge in [-0.05, 0) is 37.8 Å². The number of hydrogen-bond acceptors (Lipinski definition) is 2. The summed E-state index contributed by atoms with van der Waals surface area (Å²) in [5.74, 6) is 2.66. The van der Waals surface area contributed by atoms with Crippen LogP contribution in [0.4, 0.5) is 0 Å². The smallest absolute Gasteiger partial charge is 0.124 e. The van der Waals surface area contributed by atoms with Crippen LogP contribution < -0.4 is 10.1 Å². The van der Waals surface area contributed by atoms with E-state index < -0.39 is 0 Å². The van der Waals surface area contributed by atoms with Crippen molar-refractivity contribution in [1.29, 1.82) is 0 Å². The Morgan fingerprint density at radius 1 is 1.35 bits per heavy atom. The van der Waals surface area contributed by atoms with Gasteiger partial charge in [0.2, 0.25) is 0 Å². The highest BCUT2D eigenvalue weighted by Crippen LogP contribution is 2.48. The monoisotopic (exact) mass is 233 g/mol. The Hall–Kier alpha value is -1.02. The molecule has 1 aliphatic carbocycles. The summed E-state index contributed by atoms with van der Waals surface area (Å²) in [6, 6.07) is 8.89. The molecule has 1 aromatic carbocycles. The maximum Gasteiger partial charge on any atom is 0.124 e. The molecule has 2 nitrogen and oxygen atoms in total. The topological polar surface area (TPSA) is 21.3 Å². The minimum absolute atomic E-state index is 0.456. The summed E-state index contributed by atoms with van der Waals surface area (Å²) in [7, 11) is 0. The third-order valence-corrected chi connectivity index (χ3v) is 3.58. The Kier molecular flexibility index (Phi) is 4.06. The lowest BCUT2D eigenvalue weighted by Gasteiger charge is -2.21. The summed E-state index contributed by atoms with van der Waals surface area (Å²) < 4.78 is 5.74. The molecule has 0 saturated heterocycles. The third kappa shape index (κ3) is 2.81. The van der Waals surface area contributed by atoms with Gasteiger partial charge >= 0.3 is 0 Å². The van der Waals surface area contributed by atoms with Crippen molar-refractivity contribution in [2.75, 3.05) is 13.2 Å². The number of nitrogens with one attached hydrogen (secondary N) is 1. The van der Waals surface area contributed by atoms with Crippen molar-refractivity contribution < 1.29 is 4.74 Å². The minimum atomic E-state index is 0.456. The predicted molar refractivity (Wildman–Crippen MR) is 71.3 cm³/mol. The van der Waals surface area contributed by atoms with Crippen LogP contribution in [0.15, 0.2) is 24.3 Å². The maximum atomic E-state index is 5.74. The van der Waals surface area contributed by atoms with E-state index in [0.717, 1.165) is 30.7 Å². The number of rotatable bonds is 6. The minimum Gasteiger partial charge on any atom is -0.494 e. The standard InChI is InChI=1S/C15H23NO/c1-4-16-15(13-10-11(13)3)12-8-6-7-9-14(12)17-5-2/h6-9,11,13,15-16H,4-5,10H2,1-3H3. The van der Waals surface area contributed by atoms with Gasteiger partial charge in [0.1, 0.15) is 5.75 Å². The van der Waals surface area contributed by atoms with E-state index in [1.165, 1.54) is 12.0 Å². The molecule has 0 aliphatic heterocycles. The van der Waals surface area contributed by atoms with E-state index in [1.54, 1.807) is 0 Å². The van der Waals surface area contributed by atoms with Crippen molar-refractivity contribution in [3.05, 3.63) is 29.8 Å². The third-order valence-electron chi connectivity index (χ3n) is 3.58. The van der Waals surface area contributed by atoms with Crippen LogP contribution in [0.25, 0.3) is 0 Å². The van der Waals surface area contributed by atoms with Gasteiger partial charge in [-0.15, -0.1) is 0 Å². The molecule has 94 valence electrons. The fraction of sp³-hybridized carbons (Fsp3) is 0.600. The van der Waals surface area contributed by atoms with Gasteiger partial charge in [0.15, 0.2) is 0 Å². The van der Waals surface area contributed by atoms with E-state index in [9.17, 15) is 0 Å². The normalized spacial score (nSPS) is 24.4. The van der Waals surface area contributed by atoms with Crippen molar-refractivity contribution in [3.63, 3.8) is 0 Å². The van der Waals surface area contributed by atoms with E-state index >= 15 is 0 Å². The van der Waals surface area contributed by atoms with Crippen LogP contribution in [-0.2, 0) is 0 Å². The fourth-order valence-electron chi connectivity index (χ4n) is 2.55. The first-order chi connectivity index (χ1) is 8.27. The molecule has 0 aromatic heterocycles. The highest BCUT2D eigenvalue weighted by atomic mass is 16.5. The summed E-state index contributed by atoms with van der Waals surface area (Å²) in [6.07, 6.45) is 1.33. The molecule has 0 heterocycles. The molecule has 0 amide bonds. The van der Waals surface area contributed by atoms with E-state index in [0.29, 0.717) is 6.04 Å². The van der Waals surface area contributed by atoms with Crippen LogP contribution in [0.1, 0.15) is 38.8 Å². The predicted octanol–water partition coefficient (Wildman–Crippen LogP) is 3.39. The van der Waals surface area contributed by atoms with Gasteiger partial charge in [0.05, 0.1) is 6.61 Å². The Labute approximate surface area is 104 Å². The van der Waals surface area contributed by atoms with Crippen LogP contribution in [-0.4, -0.2) is 13.2 Å². The van der Waals surface area contributed by atoms with Gasteiger partial charge in [-0.1, -0.05) is 32.0 Å². The summed E-state index contributed by atoms with van der Waals surface area (Å²) in [4.78, 5) is 0. The Morgan fingerprint density at radius 2 is 2.06 bits per heavy atom. The van der Waals surface area contributed by atoms with E-state index in [1.807, 2.05) is 13.0 Å². The van der Waals surface area contributed by atoms with Gasteiger partial charge in [-0.2, -0.15) is 0 Å². The molecule has 1 aliphatic rings. The van der Waals surface area contributed by atoms with Crippen molar-refractivity contribution in [2.24, 2.45) is 11.8 Å². The molecule has 3 unspecified atom stereocenters. The van der Waals surface area contributed by atoms with Crippen LogP contribution in [0, 0.1) is 11.8 Å². The molecule has 2 rings (SSSR count). The van der Waals surface area contributed by atoms with Gasteiger partial charge in [-0.25, -0.2) is 0 Å². The lowest BCUT2D eigenvalue weighted by molar-refractivity contribution is 0.328. The second-order valence-electron chi connectivity index (χ2n) is 4.88. The molecule has 2 heteroatoms. The molecule has 1 N–H and O–H groups in total.